The van der Waals surface area contributed by atoms with E-state index in [4.69, 9.17) is 0 Å². The number of hydrogen-bond acceptors (Lipinski definition) is 3. The molecule has 0 atom stereocenters. The molecule has 0 aromatic heterocycles. The van der Waals surface area contributed by atoms with Gasteiger partial charge in [-0.3, -0.25) is 14.5 Å². The summed E-state index contributed by atoms with van der Waals surface area (Å²) in [7, 11) is 0. The molecule has 4 heteroatoms. The second-order valence-electron chi connectivity index (χ2n) is 5.80. The van der Waals surface area contributed by atoms with Crippen LogP contribution in [0.5, 0.6) is 0 Å². The average molecular weight is 259 g/mol. The number of imide groups is 1. The third kappa shape index (κ3) is 1.70. The summed E-state index contributed by atoms with van der Waals surface area (Å²) in [5.41, 5.74) is 2.53. The maximum atomic E-state index is 12.4. The highest BCUT2D eigenvalue weighted by Crippen LogP contribution is 2.46. The number of fused-ring (bicyclic) bond motifs is 1. The van der Waals surface area contributed by atoms with Crippen molar-refractivity contribution < 1.29 is 14.7 Å². The molecule has 2 amide bonds. The number of rotatable bonds is 3. The summed E-state index contributed by atoms with van der Waals surface area (Å²) in [6.07, 6.45) is 1.77. The fourth-order valence-electron chi connectivity index (χ4n) is 2.75. The molecular formula is C15H17NO3. The number of aliphatic hydroxyl groups excluding tert-OH is 1. The van der Waals surface area contributed by atoms with Crippen LogP contribution in [0.2, 0.25) is 0 Å². The van der Waals surface area contributed by atoms with Crippen LogP contribution >= 0.6 is 0 Å². The Hall–Kier alpha value is -1.68. The lowest BCUT2D eigenvalue weighted by Crippen LogP contribution is -2.36. The number of aliphatic hydroxyl groups is 1. The molecule has 1 heterocycles. The number of amides is 2. The predicted molar refractivity (Wildman–Crippen MR) is 70.0 cm³/mol. The monoisotopic (exact) mass is 259 g/mol. The molecule has 2 aliphatic rings. The van der Waals surface area contributed by atoms with E-state index >= 15 is 0 Å². The quantitative estimate of drug-likeness (QED) is 0.840. The molecule has 1 aliphatic carbocycles. The smallest absolute Gasteiger partial charge is 0.261 e. The Labute approximate surface area is 112 Å². The van der Waals surface area contributed by atoms with Crippen LogP contribution in [0.3, 0.4) is 0 Å². The van der Waals surface area contributed by atoms with Crippen molar-refractivity contribution in [1.82, 2.24) is 4.90 Å². The molecule has 1 aliphatic heterocycles. The van der Waals surface area contributed by atoms with E-state index in [0.717, 1.165) is 24.0 Å². The second-order valence-corrected chi connectivity index (χ2v) is 5.80. The first-order valence-electron chi connectivity index (χ1n) is 6.56. The molecule has 0 radical (unpaired) electrons. The van der Waals surface area contributed by atoms with E-state index in [1.54, 1.807) is 0 Å². The van der Waals surface area contributed by atoms with Gasteiger partial charge in [0.25, 0.3) is 11.8 Å². The number of carbonyl (C=O) groups excluding carboxylic acids is 2. The Morgan fingerprint density at radius 2 is 1.58 bits per heavy atom. The minimum absolute atomic E-state index is 0.0400. The van der Waals surface area contributed by atoms with Crippen molar-refractivity contribution >= 4 is 11.8 Å². The van der Waals surface area contributed by atoms with E-state index in [-0.39, 0.29) is 23.8 Å². The van der Waals surface area contributed by atoms with E-state index in [9.17, 15) is 14.7 Å². The van der Waals surface area contributed by atoms with Crippen molar-refractivity contribution in [3.8, 4) is 0 Å². The predicted octanol–water partition coefficient (Wildman–Crippen LogP) is 1.67. The Balaban J connectivity index is 2.00. The SMILES string of the molecule is Cc1ccc(C)c2c1C(=O)N(CC1(CO)CC1)C2=O. The second kappa shape index (κ2) is 3.90. The van der Waals surface area contributed by atoms with Crippen LogP contribution in [0, 0.1) is 19.3 Å². The van der Waals surface area contributed by atoms with Crippen LogP contribution in [0.1, 0.15) is 44.7 Å². The normalized spacial score (nSPS) is 19.8. The summed E-state index contributed by atoms with van der Waals surface area (Å²) in [5, 5.41) is 9.37. The Bertz CT molecular complexity index is 546. The topological polar surface area (TPSA) is 57.6 Å². The molecule has 100 valence electrons. The lowest BCUT2D eigenvalue weighted by molar-refractivity contribution is 0.0591. The number of carbonyl (C=O) groups is 2. The minimum atomic E-state index is -0.241. The molecule has 19 heavy (non-hydrogen) atoms. The first kappa shape index (κ1) is 12.4. The van der Waals surface area contributed by atoms with Crippen LogP contribution in [-0.4, -0.2) is 35.0 Å². The Kier molecular flexibility index (Phi) is 2.54. The fraction of sp³-hybridized carbons (Fsp3) is 0.467. The standard InChI is InChI=1S/C15H17NO3/c1-9-3-4-10(2)12-11(9)13(18)16(14(12)19)7-15(8-17)5-6-15/h3-4,17H,5-8H2,1-2H3. The van der Waals surface area contributed by atoms with Crippen LogP contribution in [0.4, 0.5) is 0 Å². The maximum absolute atomic E-state index is 12.4. The molecule has 1 saturated carbocycles. The number of nitrogens with zero attached hydrogens (tertiary/aromatic N) is 1. The van der Waals surface area contributed by atoms with Gasteiger partial charge in [0.1, 0.15) is 0 Å². The van der Waals surface area contributed by atoms with Crippen molar-refractivity contribution in [2.75, 3.05) is 13.2 Å². The summed E-state index contributed by atoms with van der Waals surface area (Å²) in [6.45, 7) is 4.09. The highest BCUT2D eigenvalue weighted by molar-refractivity contribution is 6.22. The van der Waals surface area contributed by atoms with Gasteiger partial charge in [-0.05, 0) is 37.8 Å². The van der Waals surface area contributed by atoms with Gasteiger partial charge in [-0.1, -0.05) is 12.1 Å². The van der Waals surface area contributed by atoms with Crippen molar-refractivity contribution in [1.29, 1.82) is 0 Å². The zero-order chi connectivity index (χ0) is 13.8. The molecule has 3 rings (SSSR count). The lowest BCUT2D eigenvalue weighted by atomic mass is 9.99. The van der Waals surface area contributed by atoms with Gasteiger partial charge in [-0.25, -0.2) is 0 Å². The van der Waals surface area contributed by atoms with Crippen LogP contribution < -0.4 is 0 Å². The van der Waals surface area contributed by atoms with Gasteiger partial charge in [0, 0.05) is 12.0 Å². The van der Waals surface area contributed by atoms with E-state index in [1.165, 1.54) is 4.90 Å². The highest BCUT2D eigenvalue weighted by atomic mass is 16.3. The molecule has 1 aromatic rings. The summed E-state index contributed by atoms with van der Waals surface area (Å²) in [5.74, 6) is -0.415. The summed E-state index contributed by atoms with van der Waals surface area (Å²) in [6, 6.07) is 3.75. The lowest BCUT2D eigenvalue weighted by Gasteiger charge is -2.20. The first-order chi connectivity index (χ1) is 8.99. The zero-order valence-electron chi connectivity index (χ0n) is 11.2. The maximum Gasteiger partial charge on any atom is 0.261 e. The number of aryl methyl sites for hydroxylation is 2. The summed E-state index contributed by atoms with van der Waals surface area (Å²) >= 11 is 0. The first-order valence-corrected chi connectivity index (χ1v) is 6.56. The molecule has 0 spiro atoms. The molecular weight excluding hydrogens is 242 g/mol. The van der Waals surface area contributed by atoms with Gasteiger partial charge in [0.05, 0.1) is 17.7 Å². The molecule has 0 bridgehead atoms. The largest absolute Gasteiger partial charge is 0.396 e. The molecule has 1 aromatic carbocycles. The Morgan fingerprint density at radius 3 is 1.95 bits per heavy atom. The highest BCUT2D eigenvalue weighted by Gasteiger charge is 2.48. The van der Waals surface area contributed by atoms with Gasteiger partial charge in [-0.15, -0.1) is 0 Å². The van der Waals surface area contributed by atoms with Gasteiger partial charge in [0.15, 0.2) is 0 Å². The fourth-order valence-corrected chi connectivity index (χ4v) is 2.75. The van der Waals surface area contributed by atoms with Crippen LogP contribution in [0.25, 0.3) is 0 Å². The third-order valence-corrected chi connectivity index (χ3v) is 4.33. The third-order valence-electron chi connectivity index (χ3n) is 4.33. The minimum Gasteiger partial charge on any atom is -0.396 e. The molecule has 4 nitrogen and oxygen atoms in total. The van der Waals surface area contributed by atoms with E-state index in [1.807, 2.05) is 26.0 Å². The van der Waals surface area contributed by atoms with E-state index in [0.29, 0.717) is 17.7 Å². The average Bonchev–Trinajstić information content (AvgIpc) is 3.12. The van der Waals surface area contributed by atoms with Crippen LogP contribution in [-0.2, 0) is 0 Å². The Morgan fingerprint density at radius 1 is 1.11 bits per heavy atom. The van der Waals surface area contributed by atoms with E-state index < -0.39 is 0 Å². The van der Waals surface area contributed by atoms with E-state index in [2.05, 4.69) is 0 Å². The number of hydrogen-bond donors (Lipinski definition) is 1. The molecule has 0 saturated heterocycles. The summed E-state index contributed by atoms with van der Waals surface area (Å²) in [4.78, 5) is 26.2. The van der Waals surface area contributed by atoms with Gasteiger partial charge in [-0.2, -0.15) is 0 Å². The van der Waals surface area contributed by atoms with Gasteiger partial charge >= 0.3 is 0 Å². The van der Waals surface area contributed by atoms with Crippen LogP contribution in [0.15, 0.2) is 12.1 Å². The van der Waals surface area contributed by atoms with Crippen molar-refractivity contribution in [2.45, 2.75) is 26.7 Å². The van der Waals surface area contributed by atoms with Crippen molar-refractivity contribution in [2.24, 2.45) is 5.41 Å². The molecule has 0 unspecified atom stereocenters. The molecule has 1 fully saturated rings. The van der Waals surface area contributed by atoms with Crippen molar-refractivity contribution in [3.05, 3.63) is 34.4 Å². The number of benzene rings is 1. The van der Waals surface area contributed by atoms with Gasteiger partial charge < -0.3 is 5.11 Å². The summed E-state index contributed by atoms with van der Waals surface area (Å²) < 4.78 is 0. The van der Waals surface area contributed by atoms with Gasteiger partial charge in [0.2, 0.25) is 0 Å². The zero-order valence-corrected chi connectivity index (χ0v) is 11.2. The molecule has 1 N–H and O–H groups in total. The van der Waals surface area contributed by atoms with Crippen molar-refractivity contribution in [3.63, 3.8) is 0 Å².